The maximum atomic E-state index is 12.0. The van der Waals surface area contributed by atoms with Gasteiger partial charge in [0.1, 0.15) is 0 Å². The summed E-state index contributed by atoms with van der Waals surface area (Å²) in [6, 6.07) is 31.8. The van der Waals surface area contributed by atoms with E-state index in [1.165, 1.54) is 33.6 Å². The monoisotopic (exact) mass is 805 g/mol. The molecular weight excluding hydrogens is 762 g/mol. The average Bonchev–Trinajstić information content (AvgIpc) is 3.16. The number of alkyl halides is 1. The van der Waals surface area contributed by atoms with Crippen LogP contribution in [0.25, 0.3) is 0 Å². The molecule has 0 unspecified atom stereocenters. The third-order valence-electron chi connectivity index (χ3n) is 6.95. The number of hydrogen-bond donors (Lipinski definition) is 0. The van der Waals surface area contributed by atoms with Crippen molar-refractivity contribution in [3.8, 4) is 0 Å². The maximum Gasteiger partial charge on any atom is 2.00 e. The van der Waals surface area contributed by atoms with Gasteiger partial charge in [0, 0.05) is 58.5 Å². The van der Waals surface area contributed by atoms with Gasteiger partial charge < -0.3 is 12.4 Å². The van der Waals surface area contributed by atoms with Gasteiger partial charge in [-0.3, -0.25) is 24.4 Å². The Morgan fingerprint density at radius 3 is 1.46 bits per heavy atom. The van der Waals surface area contributed by atoms with E-state index in [2.05, 4.69) is 65.8 Å². The Labute approximate surface area is 350 Å². The van der Waals surface area contributed by atoms with Crippen molar-refractivity contribution in [2.45, 2.75) is 40.8 Å². The predicted octanol–water partition coefficient (Wildman–Crippen LogP) is 6.92. The standard InChI is InChI=1S/C15H15NOS.C9H12N2O2.C8H9ClS.C8H9S.ClH.Mg/c1-11-3-6-13(10-16-11)15(17)9-12-4-7-14(18-2)8-5-12;1-7-4-5-8(6-10-7)9(12)11(2)13-3;1-10-8-4-2-7(6-9)3-5-8;1-7-3-5-8(9-2)6-4-7;;/h3-8,10H,9H2,1-2H3;4-6H,1-3H3;2-5H,6H2,1H3;3-6H,1H2,2H3;1H;/q;;;-1;;+2/p-1. The molecule has 5 aromatic rings. The van der Waals surface area contributed by atoms with E-state index in [1.807, 2.05) is 68.6 Å². The number of hydrogen-bond acceptors (Lipinski definition) is 8. The summed E-state index contributed by atoms with van der Waals surface area (Å²) in [5, 5.41) is 1.16. The molecule has 5 rings (SSSR count). The molecule has 0 spiro atoms. The second kappa shape index (κ2) is 27.9. The van der Waals surface area contributed by atoms with Crippen LogP contribution in [0.15, 0.2) is 124 Å². The van der Waals surface area contributed by atoms with Gasteiger partial charge in [0.05, 0.1) is 12.7 Å². The molecule has 12 heteroatoms. The van der Waals surface area contributed by atoms with E-state index < -0.39 is 0 Å². The van der Waals surface area contributed by atoms with Gasteiger partial charge in [-0.05, 0) is 97.2 Å². The summed E-state index contributed by atoms with van der Waals surface area (Å²) < 4.78 is 0. The van der Waals surface area contributed by atoms with E-state index in [9.17, 15) is 9.59 Å². The second-order valence-corrected chi connectivity index (χ2v) is 13.5. The molecule has 0 saturated heterocycles. The number of aromatic nitrogens is 2. The molecule has 3 aromatic carbocycles. The topological polar surface area (TPSA) is 72.4 Å². The third kappa shape index (κ3) is 18.9. The minimum absolute atomic E-state index is 0. The molecule has 1 amide bonds. The zero-order valence-electron chi connectivity index (χ0n) is 30.8. The Hall–Kier alpha value is -2.67. The normalized spacial score (nSPS) is 9.54. The number of thioether (sulfide) groups is 3. The molecule has 272 valence electrons. The Kier molecular flexibility index (Phi) is 26.4. The molecule has 2 aromatic heterocycles. The first kappa shape index (κ1) is 49.3. The average molecular weight is 807 g/mol. The molecule has 2 heterocycles. The van der Waals surface area contributed by atoms with Gasteiger partial charge in [-0.25, -0.2) is 5.06 Å². The van der Waals surface area contributed by atoms with Crippen LogP contribution in [-0.4, -0.2) is 82.7 Å². The molecule has 6 nitrogen and oxygen atoms in total. The van der Waals surface area contributed by atoms with Crippen LogP contribution in [-0.2, 0) is 17.1 Å². The fraction of sp³-hybridized carbons (Fsp3) is 0.225. The van der Waals surface area contributed by atoms with Gasteiger partial charge in [-0.2, -0.15) is 24.6 Å². The van der Waals surface area contributed by atoms with Crippen LogP contribution in [0.2, 0.25) is 0 Å². The summed E-state index contributed by atoms with van der Waals surface area (Å²) in [5.41, 5.74) is 6.31. The van der Waals surface area contributed by atoms with Crippen molar-refractivity contribution in [2.75, 3.05) is 32.9 Å². The van der Waals surface area contributed by atoms with Gasteiger partial charge in [0.15, 0.2) is 5.78 Å². The smallest absolute Gasteiger partial charge is 1.00 e. The molecule has 0 aliphatic rings. The number of Topliss-reactive ketones (excluding diaryl/α,β-unsaturated/α-hetero) is 1. The van der Waals surface area contributed by atoms with Gasteiger partial charge in [0.25, 0.3) is 5.91 Å². The van der Waals surface area contributed by atoms with Gasteiger partial charge in [-0.1, -0.05) is 24.3 Å². The van der Waals surface area contributed by atoms with E-state index >= 15 is 0 Å². The predicted molar refractivity (Wildman–Crippen MR) is 220 cm³/mol. The molecule has 0 aliphatic heterocycles. The maximum absolute atomic E-state index is 12.0. The quantitative estimate of drug-likeness (QED) is 0.0398. The molecule has 0 radical (unpaired) electrons. The molecule has 0 N–H and O–H groups in total. The molecule has 0 bridgehead atoms. The van der Waals surface area contributed by atoms with Crippen molar-refractivity contribution in [3.63, 3.8) is 0 Å². The van der Waals surface area contributed by atoms with Crippen LogP contribution in [0, 0.1) is 20.8 Å². The Bertz CT molecular complexity index is 1690. The molecule has 0 aliphatic carbocycles. The zero-order chi connectivity index (χ0) is 36.9. The van der Waals surface area contributed by atoms with E-state index in [4.69, 9.17) is 16.4 Å². The van der Waals surface area contributed by atoms with Crippen LogP contribution < -0.4 is 12.4 Å². The number of rotatable bonds is 9. The Balaban J connectivity index is 0.000000683. The molecular formula is C40H45Cl2MgN3O3S3. The SMILES string of the molecule is CON(C)C(=O)c1ccc(C)nc1.CSc1ccc(CC(=O)c2ccc(C)nc2)cc1.CSc1ccc(CCl)cc1.[CH2-]c1ccc(SC)cc1.[Cl-].[Mg+2]. The number of pyridine rings is 2. The number of carbonyl (C=O) groups excluding carboxylic acids is 2. The van der Waals surface area contributed by atoms with E-state index in [-0.39, 0.29) is 47.2 Å². The fourth-order valence-corrected chi connectivity index (χ4v) is 5.27. The van der Waals surface area contributed by atoms with Crippen LogP contribution in [0.1, 0.15) is 48.8 Å². The van der Waals surface area contributed by atoms with Crippen LogP contribution in [0.4, 0.5) is 0 Å². The summed E-state index contributed by atoms with van der Waals surface area (Å²) >= 11 is 10.8. The summed E-state index contributed by atoms with van der Waals surface area (Å²) in [5.74, 6) is 0.517. The Morgan fingerprint density at radius 2 is 1.10 bits per heavy atom. The summed E-state index contributed by atoms with van der Waals surface area (Å²) in [4.78, 5) is 40.2. The van der Waals surface area contributed by atoms with Gasteiger partial charge in [-0.15, -0.1) is 59.0 Å². The summed E-state index contributed by atoms with van der Waals surface area (Å²) in [6.07, 6.45) is 9.78. The number of aryl methyl sites for hydroxylation is 2. The minimum atomic E-state index is -0.199. The number of benzene rings is 3. The van der Waals surface area contributed by atoms with Crippen molar-refractivity contribution < 1.29 is 26.8 Å². The summed E-state index contributed by atoms with van der Waals surface area (Å²) in [7, 11) is 3.00. The largest absolute Gasteiger partial charge is 2.00 e. The number of hydroxylamine groups is 2. The van der Waals surface area contributed by atoms with Crippen LogP contribution >= 0.6 is 46.9 Å². The van der Waals surface area contributed by atoms with Gasteiger partial charge >= 0.3 is 23.1 Å². The first-order chi connectivity index (χ1) is 24.0. The third-order valence-corrected chi connectivity index (χ3v) is 9.49. The van der Waals surface area contributed by atoms with E-state index in [0.717, 1.165) is 27.6 Å². The summed E-state index contributed by atoms with van der Waals surface area (Å²) in [6.45, 7) is 7.57. The van der Waals surface area contributed by atoms with Crippen LogP contribution in [0.5, 0.6) is 0 Å². The van der Waals surface area contributed by atoms with Crippen molar-refractivity contribution in [1.29, 1.82) is 0 Å². The number of ketones is 1. The van der Waals surface area contributed by atoms with Crippen LogP contribution in [0.3, 0.4) is 0 Å². The van der Waals surface area contributed by atoms with E-state index in [0.29, 0.717) is 23.4 Å². The molecule has 0 fully saturated rings. The number of halogens is 2. The van der Waals surface area contributed by atoms with Crippen molar-refractivity contribution >= 4 is 81.6 Å². The Morgan fingerprint density at radius 1 is 0.692 bits per heavy atom. The van der Waals surface area contributed by atoms with Gasteiger partial charge in [0.2, 0.25) is 0 Å². The second-order valence-electron chi connectivity index (χ2n) is 10.6. The molecule has 52 heavy (non-hydrogen) atoms. The van der Waals surface area contributed by atoms with E-state index in [1.54, 1.807) is 60.7 Å². The zero-order valence-corrected chi connectivity index (χ0v) is 36.1. The molecule has 0 atom stereocenters. The number of carbonyl (C=O) groups is 2. The van der Waals surface area contributed by atoms with Crippen molar-refractivity contribution in [1.82, 2.24) is 15.0 Å². The molecule has 0 saturated carbocycles. The number of amides is 1. The minimum Gasteiger partial charge on any atom is -1.00 e. The van der Waals surface area contributed by atoms with Crippen molar-refractivity contribution in [2.24, 2.45) is 0 Å². The van der Waals surface area contributed by atoms with Crippen molar-refractivity contribution in [3.05, 3.63) is 156 Å². The fourth-order valence-electron chi connectivity index (χ4n) is 3.86. The first-order valence-electron chi connectivity index (χ1n) is 15.5. The number of nitrogens with zero attached hydrogens (tertiary/aromatic N) is 3. The first-order valence-corrected chi connectivity index (χ1v) is 19.7.